The standard InChI is InChI=1S/C10H16O/c1-3-9(2)10(11)7-5-4-6-8-10/h1,9,11H,4-8H2,2H3. The van der Waals surface area contributed by atoms with Crippen LogP contribution in [0.4, 0.5) is 0 Å². The highest BCUT2D eigenvalue weighted by Crippen LogP contribution is 2.33. The Morgan fingerprint density at radius 2 is 1.91 bits per heavy atom. The molecule has 0 spiro atoms. The van der Waals surface area contributed by atoms with E-state index in [-0.39, 0.29) is 5.92 Å². The van der Waals surface area contributed by atoms with Crippen LogP contribution in [0.25, 0.3) is 0 Å². The van der Waals surface area contributed by atoms with Gasteiger partial charge < -0.3 is 5.11 Å². The van der Waals surface area contributed by atoms with Crippen LogP contribution in [-0.2, 0) is 0 Å². The van der Waals surface area contributed by atoms with E-state index in [2.05, 4.69) is 5.92 Å². The predicted molar refractivity (Wildman–Crippen MR) is 46.0 cm³/mol. The molecule has 0 aromatic carbocycles. The topological polar surface area (TPSA) is 20.2 Å². The van der Waals surface area contributed by atoms with E-state index >= 15 is 0 Å². The monoisotopic (exact) mass is 152 g/mol. The highest BCUT2D eigenvalue weighted by atomic mass is 16.3. The molecule has 0 bridgehead atoms. The van der Waals surface area contributed by atoms with Crippen molar-refractivity contribution in [2.75, 3.05) is 0 Å². The predicted octanol–water partition coefficient (Wildman–Crippen LogP) is 1.95. The van der Waals surface area contributed by atoms with Gasteiger partial charge in [-0.15, -0.1) is 12.3 Å². The van der Waals surface area contributed by atoms with E-state index in [1.165, 1.54) is 6.42 Å². The second kappa shape index (κ2) is 3.28. The molecule has 0 aromatic rings. The third-order valence-electron chi connectivity index (χ3n) is 2.78. The molecule has 0 aromatic heterocycles. The summed E-state index contributed by atoms with van der Waals surface area (Å²) in [5, 5.41) is 10.00. The lowest BCUT2D eigenvalue weighted by Crippen LogP contribution is -2.37. The average molecular weight is 152 g/mol. The molecule has 11 heavy (non-hydrogen) atoms. The fourth-order valence-corrected chi connectivity index (χ4v) is 1.75. The minimum Gasteiger partial charge on any atom is -0.389 e. The highest BCUT2D eigenvalue weighted by Gasteiger charge is 2.33. The molecule has 1 aliphatic carbocycles. The number of terminal acetylenes is 1. The molecule has 1 heteroatoms. The average Bonchev–Trinajstić information content (AvgIpc) is 2.04. The lowest BCUT2D eigenvalue weighted by Gasteiger charge is -2.34. The summed E-state index contributed by atoms with van der Waals surface area (Å²) in [4.78, 5) is 0. The molecule has 1 N–H and O–H groups in total. The molecule has 1 nitrogen and oxygen atoms in total. The summed E-state index contributed by atoms with van der Waals surface area (Å²) >= 11 is 0. The fourth-order valence-electron chi connectivity index (χ4n) is 1.75. The number of hydrogen-bond acceptors (Lipinski definition) is 1. The van der Waals surface area contributed by atoms with Crippen LogP contribution in [-0.4, -0.2) is 10.7 Å². The Kier molecular flexibility index (Phi) is 2.57. The first-order valence-corrected chi connectivity index (χ1v) is 4.37. The van der Waals surface area contributed by atoms with Gasteiger partial charge in [0.05, 0.1) is 5.60 Å². The molecule has 1 aliphatic rings. The van der Waals surface area contributed by atoms with E-state index in [1.807, 2.05) is 6.92 Å². The van der Waals surface area contributed by atoms with Crippen molar-refractivity contribution < 1.29 is 5.11 Å². The second-order valence-electron chi connectivity index (χ2n) is 3.55. The van der Waals surface area contributed by atoms with Gasteiger partial charge in [0, 0.05) is 5.92 Å². The summed E-state index contributed by atoms with van der Waals surface area (Å²) in [7, 11) is 0. The van der Waals surface area contributed by atoms with Crippen molar-refractivity contribution in [2.45, 2.75) is 44.6 Å². The van der Waals surface area contributed by atoms with Gasteiger partial charge in [-0.25, -0.2) is 0 Å². The van der Waals surface area contributed by atoms with Gasteiger partial charge in [-0.05, 0) is 19.8 Å². The lowest BCUT2D eigenvalue weighted by atomic mass is 9.77. The maximum absolute atomic E-state index is 10.00. The van der Waals surface area contributed by atoms with E-state index in [0.29, 0.717) is 0 Å². The summed E-state index contributed by atoms with van der Waals surface area (Å²) in [5.41, 5.74) is -0.549. The summed E-state index contributed by atoms with van der Waals surface area (Å²) in [6, 6.07) is 0. The van der Waals surface area contributed by atoms with Crippen LogP contribution in [0.3, 0.4) is 0 Å². The Bertz CT molecular complexity index is 160. The number of hydrogen-bond donors (Lipinski definition) is 1. The van der Waals surface area contributed by atoms with Crippen molar-refractivity contribution >= 4 is 0 Å². The van der Waals surface area contributed by atoms with E-state index < -0.39 is 5.60 Å². The maximum atomic E-state index is 10.00. The van der Waals surface area contributed by atoms with Crippen LogP contribution in [0.2, 0.25) is 0 Å². The first-order valence-electron chi connectivity index (χ1n) is 4.37. The highest BCUT2D eigenvalue weighted by molar-refractivity contribution is 5.02. The van der Waals surface area contributed by atoms with Gasteiger partial charge in [-0.3, -0.25) is 0 Å². The summed E-state index contributed by atoms with van der Waals surface area (Å²) in [5.74, 6) is 2.64. The van der Waals surface area contributed by atoms with E-state index in [9.17, 15) is 5.11 Å². The fraction of sp³-hybridized carbons (Fsp3) is 0.800. The van der Waals surface area contributed by atoms with Crippen molar-refractivity contribution in [1.82, 2.24) is 0 Å². The SMILES string of the molecule is C#CC(C)C1(O)CCCCC1. The molecular weight excluding hydrogens is 136 g/mol. The zero-order chi connectivity index (χ0) is 8.32. The van der Waals surface area contributed by atoms with Gasteiger partial charge in [0.25, 0.3) is 0 Å². The van der Waals surface area contributed by atoms with Crippen LogP contribution in [0.5, 0.6) is 0 Å². The molecular formula is C10H16O. The molecule has 0 saturated heterocycles. The quantitative estimate of drug-likeness (QED) is 0.569. The first-order chi connectivity index (χ1) is 5.19. The Labute approximate surface area is 68.8 Å². The number of aliphatic hydroxyl groups is 1. The molecule has 0 aliphatic heterocycles. The van der Waals surface area contributed by atoms with Crippen molar-refractivity contribution in [3.63, 3.8) is 0 Å². The van der Waals surface area contributed by atoms with Crippen LogP contribution < -0.4 is 0 Å². The minimum atomic E-state index is -0.549. The largest absolute Gasteiger partial charge is 0.389 e. The summed E-state index contributed by atoms with van der Waals surface area (Å²) in [6.07, 6.45) is 10.6. The van der Waals surface area contributed by atoms with Gasteiger partial charge in [0.15, 0.2) is 0 Å². The van der Waals surface area contributed by atoms with E-state index in [1.54, 1.807) is 0 Å². The molecule has 0 radical (unpaired) electrons. The van der Waals surface area contributed by atoms with Crippen molar-refractivity contribution in [2.24, 2.45) is 5.92 Å². The second-order valence-corrected chi connectivity index (χ2v) is 3.55. The Morgan fingerprint density at radius 1 is 1.36 bits per heavy atom. The third-order valence-corrected chi connectivity index (χ3v) is 2.78. The molecule has 62 valence electrons. The van der Waals surface area contributed by atoms with Gasteiger partial charge in [-0.1, -0.05) is 19.3 Å². The molecule has 1 saturated carbocycles. The van der Waals surface area contributed by atoms with Gasteiger partial charge in [0.1, 0.15) is 0 Å². The molecule has 0 amide bonds. The van der Waals surface area contributed by atoms with Crippen LogP contribution >= 0.6 is 0 Å². The van der Waals surface area contributed by atoms with Gasteiger partial charge >= 0.3 is 0 Å². The van der Waals surface area contributed by atoms with Crippen molar-refractivity contribution in [3.8, 4) is 12.3 Å². The Morgan fingerprint density at radius 3 is 2.36 bits per heavy atom. The molecule has 1 rings (SSSR count). The normalized spacial score (nSPS) is 25.5. The van der Waals surface area contributed by atoms with E-state index in [0.717, 1.165) is 25.7 Å². The zero-order valence-electron chi connectivity index (χ0n) is 7.14. The Hall–Kier alpha value is -0.480. The first kappa shape index (κ1) is 8.62. The minimum absolute atomic E-state index is 0.0165. The van der Waals surface area contributed by atoms with Crippen molar-refractivity contribution in [1.29, 1.82) is 0 Å². The van der Waals surface area contributed by atoms with Crippen LogP contribution in [0.1, 0.15) is 39.0 Å². The molecule has 1 atom stereocenters. The molecule has 1 fully saturated rings. The molecule has 1 unspecified atom stereocenters. The number of rotatable bonds is 1. The molecule has 0 heterocycles. The van der Waals surface area contributed by atoms with Crippen LogP contribution in [0.15, 0.2) is 0 Å². The Balaban J connectivity index is 2.57. The summed E-state index contributed by atoms with van der Waals surface area (Å²) < 4.78 is 0. The van der Waals surface area contributed by atoms with E-state index in [4.69, 9.17) is 6.42 Å². The van der Waals surface area contributed by atoms with Gasteiger partial charge in [0.2, 0.25) is 0 Å². The summed E-state index contributed by atoms with van der Waals surface area (Å²) in [6.45, 7) is 1.94. The lowest BCUT2D eigenvalue weighted by molar-refractivity contribution is -0.0243. The van der Waals surface area contributed by atoms with Crippen molar-refractivity contribution in [3.05, 3.63) is 0 Å². The third kappa shape index (κ3) is 1.75. The van der Waals surface area contributed by atoms with Crippen LogP contribution in [0, 0.1) is 18.3 Å². The van der Waals surface area contributed by atoms with Gasteiger partial charge in [-0.2, -0.15) is 0 Å². The smallest absolute Gasteiger partial charge is 0.0781 e. The zero-order valence-corrected chi connectivity index (χ0v) is 7.14. The maximum Gasteiger partial charge on any atom is 0.0781 e.